The van der Waals surface area contributed by atoms with Gasteiger partial charge >= 0.3 is 0 Å². The molecule has 0 spiro atoms. The Kier molecular flexibility index (Phi) is 6.64. The first-order chi connectivity index (χ1) is 15.2. The van der Waals surface area contributed by atoms with E-state index in [9.17, 15) is 4.79 Å². The molecule has 156 valence electrons. The first-order valence-corrected chi connectivity index (χ1v) is 10.9. The Morgan fingerprint density at radius 2 is 1.74 bits per heavy atom. The number of nitrogens with zero attached hydrogens (tertiary/aromatic N) is 2. The molecule has 3 aromatic carbocycles. The van der Waals surface area contributed by atoms with Gasteiger partial charge in [-0.15, -0.1) is 10.2 Å². The maximum absolute atomic E-state index is 12.4. The lowest BCUT2D eigenvalue weighted by Crippen LogP contribution is -2.11. The minimum atomic E-state index is -0.187. The summed E-state index contributed by atoms with van der Waals surface area (Å²) in [4.78, 5) is 12.4. The van der Waals surface area contributed by atoms with Crippen molar-refractivity contribution in [3.05, 3.63) is 90.0 Å². The number of carbonyl (C=O) groups is 1. The van der Waals surface area contributed by atoms with Crippen molar-refractivity contribution in [3.8, 4) is 17.2 Å². The molecule has 0 aliphatic rings. The minimum absolute atomic E-state index is 0.187. The van der Waals surface area contributed by atoms with E-state index in [0.29, 0.717) is 40.3 Å². The van der Waals surface area contributed by atoms with E-state index in [1.54, 1.807) is 24.3 Å². The number of amides is 1. The summed E-state index contributed by atoms with van der Waals surface area (Å²) in [7, 11) is 0. The highest BCUT2D eigenvalue weighted by atomic mass is 32.2. The average Bonchev–Trinajstić information content (AvgIpc) is 3.28. The number of carbonyl (C=O) groups excluding carboxylic acids is 1. The lowest BCUT2D eigenvalue weighted by molar-refractivity contribution is 0.102. The van der Waals surface area contributed by atoms with Crippen LogP contribution in [0.25, 0.3) is 11.5 Å². The molecule has 0 fully saturated rings. The van der Waals surface area contributed by atoms with Crippen molar-refractivity contribution in [3.63, 3.8) is 0 Å². The second kappa shape index (κ2) is 9.95. The zero-order valence-corrected chi connectivity index (χ0v) is 17.8. The largest absolute Gasteiger partial charge is 0.493 e. The normalized spacial score (nSPS) is 10.6. The van der Waals surface area contributed by atoms with E-state index >= 15 is 0 Å². The molecule has 1 amide bonds. The van der Waals surface area contributed by atoms with Gasteiger partial charge in [-0.25, -0.2) is 0 Å². The Morgan fingerprint density at radius 3 is 2.48 bits per heavy atom. The highest BCUT2D eigenvalue weighted by molar-refractivity contribution is 7.98. The van der Waals surface area contributed by atoms with Crippen molar-refractivity contribution in [2.75, 3.05) is 11.9 Å². The zero-order chi connectivity index (χ0) is 21.5. The van der Waals surface area contributed by atoms with Gasteiger partial charge < -0.3 is 14.5 Å². The standard InChI is InChI=1S/C24H21N3O3S/c1-2-29-21-15-19(25-22(28)18-11-7-4-8-12-18)13-14-20(21)23-26-27-24(30-23)31-16-17-9-5-3-6-10-17/h3-15H,2,16H2,1H3,(H,25,28). The fourth-order valence-electron chi connectivity index (χ4n) is 2.94. The van der Waals surface area contributed by atoms with Gasteiger partial charge in [0, 0.05) is 23.1 Å². The SMILES string of the molecule is CCOc1cc(NC(=O)c2ccccc2)ccc1-c1nnc(SCc2ccccc2)o1. The summed E-state index contributed by atoms with van der Waals surface area (Å²) in [6.07, 6.45) is 0. The Hall–Kier alpha value is -3.58. The van der Waals surface area contributed by atoms with Gasteiger partial charge in [0.1, 0.15) is 5.75 Å². The quantitative estimate of drug-likeness (QED) is 0.362. The molecule has 6 nitrogen and oxygen atoms in total. The molecule has 1 aromatic heterocycles. The smallest absolute Gasteiger partial charge is 0.277 e. The van der Waals surface area contributed by atoms with Crippen LogP contribution in [-0.2, 0) is 5.75 Å². The molecule has 4 rings (SSSR count). The van der Waals surface area contributed by atoms with Crippen molar-refractivity contribution >= 4 is 23.4 Å². The summed E-state index contributed by atoms with van der Waals surface area (Å²) in [5.74, 6) is 1.50. The predicted octanol–water partition coefficient (Wildman–Crippen LogP) is 5.68. The number of rotatable bonds is 8. The highest BCUT2D eigenvalue weighted by Gasteiger charge is 2.16. The van der Waals surface area contributed by atoms with E-state index in [4.69, 9.17) is 9.15 Å². The van der Waals surface area contributed by atoms with Crippen LogP contribution in [0, 0.1) is 0 Å². The topological polar surface area (TPSA) is 77.2 Å². The molecule has 0 radical (unpaired) electrons. The van der Waals surface area contributed by atoms with Crippen molar-refractivity contribution in [1.82, 2.24) is 10.2 Å². The van der Waals surface area contributed by atoms with Crippen LogP contribution >= 0.6 is 11.8 Å². The first kappa shape index (κ1) is 20.7. The van der Waals surface area contributed by atoms with E-state index in [2.05, 4.69) is 27.6 Å². The van der Waals surface area contributed by atoms with Crippen molar-refractivity contribution in [1.29, 1.82) is 0 Å². The van der Waals surface area contributed by atoms with Gasteiger partial charge in [0.15, 0.2) is 0 Å². The Balaban J connectivity index is 1.50. The maximum Gasteiger partial charge on any atom is 0.277 e. The monoisotopic (exact) mass is 431 g/mol. The number of benzene rings is 3. The number of thioether (sulfide) groups is 1. The van der Waals surface area contributed by atoms with Gasteiger partial charge in [-0.1, -0.05) is 60.3 Å². The predicted molar refractivity (Wildman–Crippen MR) is 121 cm³/mol. The zero-order valence-electron chi connectivity index (χ0n) is 16.9. The summed E-state index contributed by atoms with van der Waals surface area (Å²) in [6, 6.07) is 24.5. The van der Waals surface area contributed by atoms with Crippen molar-refractivity contribution in [2.24, 2.45) is 0 Å². The summed E-state index contributed by atoms with van der Waals surface area (Å²) >= 11 is 1.48. The number of hydrogen-bond donors (Lipinski definition) is 1. The van der Waals surface area contributed by atoms with Crippen LogP contribution in [0.5, 0.6) is 5.75 Å². The van der Waals surface area contributed by atoms with Crippen LogP contribution in [-0.4, -0.2) is 22.7 Å². The number of aromatic nitrogens is 2. The molecule has 0 bridgehead atoms. The number of anilines is 1. The molecule has 0 unspecified atom stereocenters. The van der Waals surface area contributed by atoms with Gasteiger partial charge in [0.25, 0.3) is 17.0 Å². The van der Waals surface area contributed by atoms with Crippen molar-refractivity contribution < 1.29 is 13.9 Å². The second-order valence-corrected chi connectivity index (χ2v) is 7.54. The summed E-state index contributed by atoms with van der Waals surface area (Å²) < 4.78 is 11.6. The van der Waals surface area contributed by atoms with Gasteiger partial charge in [0.05, 0.1) is 12.2 Å². The molecule has 0 saturated heterocycles. The average molecular weight is 432 g/mol. The molecule has 4 aromatic rings. The highest BCUT2D eigenvalue weighted by Crippen LogP contribution is 2.34. The third kappa shape index (κ3) is 5.32. The first-order valence-electron chi connectivity index (χ1n) is 9.87. The third-order valence-corrected chi connectivity index (χ3v) is 5.31. The van der Waals surface area contributed by atoms with E-state index in [0.717, 1.165) is 5.75 Å². The minimum Gasteiger partial charge on any atom is -0.493 e. The number of hydrogen-bond acceptors (Lipinski definition) is 6. The van der Waals surface area contributed by atoms with E-state index in [-0.39, 0.29) is 5.91 Å². The molecule has 0 aliphatic heterocycles. The summed E-state index contributed by atoms with van der Waals surface area (Å²) in [5, 5.41) is 11.7. The fourth-order valence-corrected chi connectivity index (χ4v) is 3.66. The van der Waals surface area contributed by atoms with Gasteiger partial charge in [0.2, 0.25) is 0 Å². The maximum atomic E-state index is 12.4. The van der Waals surface area contributed by atoms with Gasteiger partial charge in [-0.3, -0.25) is 4.79 Å². The Bertz CT molecular complexity index is 1150. The Labute approximate surface area is 184 Å². The lowest BCUT2D eigenvalue weighted by Gasteiger charge is -2.11. The fraction of sp³-hybridized carbons (Fsp3) is 0.125. The van der Waals surface area contributed by atoms with Crippen LogP contribution < -0.4 is 10.1 Å². The molecule has 0 saturated carbocycles. The van der Waals surface area contributed by atoms with E-state index in [1.807, 2.05) is 49.4 Å². The molecule has 1 N–H and O–H groups in total. The number of nitrogens with one attached hydrogen (secondary N) is 1. The lowest BCUT2D eigenvalue weighted by atomic mass is 10.1. The van der Waals surface area contributed by atoms with Crippen LogP contribution in [0.15, 0.2) is 88.5 Å². The number of ether oxygens (including phenoxy) is 1. The molecular formula is C24H21N3O3S. The van der Waals surface area contributed by atoms with Crippen LogP contribution in [0.1, 0.15) is 22.8 Å². The van der Waals surface area contributed by atoms with E-state index < -0.39 is 0 Å². The molecule has 31 heavy (non-hydrogen) atoms. The third-order valence-electron chi connectivity index (χ3n) is 4.42. The van der Waals surface area contributed by atoms with Crippen LogP contribution in [0.2, 0.25) is 0 Å². The van der Waals surface area contributed by atoms with Gasteiger partial charge in [-0.05, 0) is 36.8 Å². The summed E-state index contributed by atoms with van der Waals surface area (Å²) in [5.41, 5.74) is 3.07. The van der Waals surface area contributed by atoms with Crippen LogP contribution in [0.4, 0.5) is 5.69 Å². The molecular weight excluding hydrogens is 410 g/mol. The van der Waals surface area contributed by atoms with Crippen molar-refractivity contribution in [2.45, 2.75) is 17.9 Å². The summed E-state index contributed by atoms with van der Waals surface area (Å²) in [6.45, 7) is 2.36. The molecule has 0 atom stereocenters. The molecule has 0 aliphatic carbocycles. The molecule has 1 heterocycles. The van der Waals surface area contributed by atoms with E-state index in [1.165, 1.54) is 17.3 Å². The van der Waals surface area contributed by atoms with Crippen LogP contribution in [0.3, 0.4) is 0 Å². The second-order valence-electron chi connectivity index (χ2n) is 6.61. The Morgan fingerprint density at radius 1 is 1.00 bits per heavy atom. The molecule has 7 heteroatoms. The van der Waals surface area contributed by atoms with Gasteiger partial charge in [-0.2, -0.15) is 0 Å².